The van der Waals surface area contributed by atoms with E-state index in [1.165, 1.54) is 0 Å². The highest BCUT2D eigenvalue weighted by molar-refractivity contribution is 5.34. The van der Waals surface area contributed by atoms with Crippen LogP contribution < -0.4 is 9.47 Å². The Hall–Kier alpha value is -2.04. The lowest BCUT2D eigenvalue weighted by molar-refractivity contribution is 0.0170. The highest BCUT2D eigenvalue weighted by Gasteiger charge is 2.21. The SMILES string of the molecule is O[C@@H]1c2cccc(c2)OCCCCCCOc2cccc(c2)[C@@H]1O. The topological polar surface area (TPSA) is 58.9 Å². The largest absolute Gasteiger partial charge is 0.494 e. The molecular formula is C20H24O4. The fraction of sp³-hybridized carbons (Fsp3) is 0.400. The summed E-state index contributed by atoms with van der Waals surface area (Å²) in [5.74, 6) is 1.45. The van der Waals surface area contributed by atoms with Gasteiger partial charge in [0.05, 0.1) is 13.2 Å². The number of aliphatic hydroxyl groups excluding tert-OH is 2. The standard InChI is InChI=1S/C20H24O4/c21-19-15-7-5-9-17(13-15)23-11-3-1-2-4-12-24-18-10-6-8-16(14-18)20(19)22/h5-10,13-14,19-22H,1-4,11-12H2/t19-,20+. The molecule has 1 aliphatic rings. The van der Waals surface area contributed by atoms with Crippen LogP contribution in [0.1, 0.15) is 49.0 Å². The van der Waals surface area contributed by atoms with Gasteiger partial charge in [-0.05, 0) is 61.1 Å². The molecule has 128 valence electrons. The van der Waals surface area contributed by atoms with Crippen LogP contribution in [-0.2, 0) is 0 Å². The molecule has 1 aliphatic heterocycles. The Bertz CT molecular complexity index is 598. The molecule has 0 fully saturated rings. The predicted molar refractivity (Wildman–Crippen MR) is 92.3 cm³/mol. The van der Waals surface area contributed by atoms with Crippen molar-refractivity contribution in [1.82, 2.24) is 0 Å². The average Bonchev–Trinajstić information content (AvgIpc) is 2.62. The van der Waals surface area contributed by atoms with Gasteiger partial charge in [-0.15, -0.1) is 0 Å². The Morgan fingerprint density at radius 1 is 0.667 bits per heavy atom. The van der Waals surface area contributed by atoms with Gasteiger partial charge < -0.3 is 19.7 Å². The van der Waals surface area contributed by atoms with E-state index in [0.29, 0.717) is 24.3 Å². The number of fused-ring (bicyclic) bond motifs is 4. The molecule has 4 nitrogen and oxygen atoms in total. The van der Waals surface area contributed by atoms with Crippen molar-refractivity contribution in [2.45, 2.75) is 37.9 Å². The van der Waals surface area contributed by atoms with Crippen LogP contribution in [0.5, 0.6) is 11.5 Å². The van der Waals surface area contributed by atoms with E-state index in [0.717, 1.165) is 37.2 Å². The lowest BCUT2D eigenvalue weighted by Crippen LogP contribution is -2.11. The Morgan fingerprint density at radius 2 is 1.12 bits per heavy atom. The first kappa shape index (κ1) is 16.8. The van der Waals surface area contributed by atoms with Gasteiger partial charge in [0.2, 0.25) is 0 Å². The Kier molecular flexibility index (Phi) is 5.72. The average molecular weight is 328 g/mol. The second-order valence-corrected chi connectivity index (χ2v) is 6.15. The first-order valence-electron chi connectivity index (χ1n) is 8.56. The van der Waals surface area contributed by atoms with Gasteiger partial charge in [0.1, 0.15) is 23.7 Å². The van der Waals surface area contributed by atoms with Crippen molar-refractivity contribution in [3.05, 3.63) is 59.7 Å². The van der Waals surface area contributed by atoms with E-state index in [4.69, 9.17) is 9.47 Å². The van der Waals surface area contributed by atoms with Gasteiger partial charge in [-0.25, -0.2) is 0 Å². The van der Waals surface area contributed by atoms with Gasteiger partial charge in [0.25, 0.3) is 0 Å². The molecule has 2 aromatic rings. The number of hydrogen-bond donors (Lipinski definition) is 2. The summed E-state index contributed by atoms with van der Waals surface area (Å²) in [7, 11) is 0. The normalized spacial score (nSPS) is 22.2. The number of benzene rings is 2. The van der Waals surface area contributed by atoms with Crippen molar-refractivity contribution in [2.75, 3.05) is 13.2 Å². The van der Waals surface area contributed by atoms with Crippen LogP contribution in [0.2, 0.25) is 0 Å². The van der Waals surface area contributed by atoms with Crippen molar-refractivity contribution >= 4 is 0 Å². The van der Waals surface area contributed by atoms with E-state index in [1.807, 2.05) is 24.3 Å². The molecule has 2 atom stereocenters. The summed E-state index contributed by atoms with van der Waals surface area (Å²) in [6.45, 7) is 1.31. The molecule has 1 heterocycles. The summed E-state index contributed by atoms with van der Waals surface area (Å²) in [6, 6.07) is 14.6. The lowest BCUT2D eigenvalue weighted by Gasteiger charge is -2.20. The van der Waals surface area contributed by atoms with Crippen molar-refractivity contribution in [3.63, 3.8) is 0 Å². The van der Waals surface area contributed by atoms with E-state index in [2.05, 4.69) is 0 Å². The highest BCUT2D eigenvalue weighted by Crippen LogP contribution is 2.32. The number of hydrogen-bond acceptors (Lipinski definition) is 4. The molecule has 4 bridgehead atoms. The zero-order chi connectivity index (χ0) is 16.8. The molecule has 24 heavy (non-hydrogen) atoms. The summed E-state index contributed by atoms with van der Waals surface area (Å²) in [6.07, 6.45) is 2.15. The predicted octanol–water partition coefficient (Wildman–Crippen LogP) is 3.79. The summed E-state index contributed by atoms with van der Waals surface area (Å²) in [5, 5.41) is 21.0. The molecule has 0 saturated heterocycles. The molecule has 0 amide bonds. The monoisotopic (exact) mass is 328 g/mol. The third-order valence-electron chi connectivity index (χ3n) is 4.27. The highest BCUT2D eigenvalue weighted by atomic mass is 16.5. The Balaban J connectivity index is 1.86. The Morgan fingerprint density at radius 3 is 1.58 bits per heavy atom. The molecule has 0 radical (unpaired) electrons. The second-order valence-electron chi connectivity index (χ2n) is 6.15. The van der Waals surface area contributed by atoms with E-state index >= 15 is 0 Å². The first-order chi connectivity index (χ1) is 11.7. The van der Waals surface area contributed by atoms with Gasteiger partial charge in [-0.2, -0.15) is 0 Å². The molecule has 0 spiro atoms. The van der Waals surface area contributed by atoms with Crippen molar-refractivity contribution in [3.8, 4) is 11.5 Å². The van der Waals surface area contributed by atoms with Crippen LogP contribution in [0.15, 0.2) is 48.5 Å². The molecule has 0 unspecified atom stereocenters. The van der Waals surface area contributed by atoms with Crippen LogP contribution >= 0.6 is 0 Å². The number of ether oxygens (including phenoxy) is 2. The lowest BCUT2D eigenvalue weighted by atomic mass is 9.98. The second kappa shape index (κ2) is 8.18. The molecule has 4 heteroatoms. The minimum atomic E-state index is -1.02. The Labute approximate surface area is 142 Å². The number of aliphatic hydroxyl groups is 2. The van der Waals surface area contributed by atoms with E-state index in [9.17, 15) is 10.2 Å². The number of rotatable bonds is 0. The van der Waals surface area contributed by atoms with Crippen molar-refractivity contribution < 1.29 is 19.7 Å². The molecule has 2 N–H and O–H groups in total. The molecule has 0 aliphatic carbocycles. The fourth-order valence-corrected chi connectivity index (χ4v) is 2.88. The van der Waals surface area contributed by atoms with Crippen LogP contribution in [0, 0.1) is 0 Å². The van der Waals surface area contributed by atoms with E-state index in [-0.39, 0.29) is 0 Å². The van der Waals surface area contributed by atoms with Gasteiger partial charge in [-0.3, -0.25) is 0 Å². The van der Waals surface area contributed by atoms with E-state index in [1.54, 1.807) is 24.3 Å². The van der Waals surface area contributed by atoms with Crippen LogP contribution in [0.25, 0.3) is 0 Å². The third kappa shape index (κ3) is 4.28. The fourth-order valence-electron chi connectivity index (χ4n) is 2.88. The minimum absolute atomic E-state index is 0.637. The van der Waals surface area contributed by atoms with E-state index < -0.39 is 12.2 Å². The molecule has 2 aromatic carbocycles. The van der Waals surface area contributed by atoms with Gasteiger partial charge in [-0.1, -0.05) is 24.3 Å². The maximum atomic E-state index is 10.5. The molecule has 3 rings (SSSR count). The quantitative estimate of drug-likeness (QED) is 0.772. The molecular weight excluding hydrogens is 304 g/mol. The third-order valence-corrected chi connectivity index (χ3v) is 4.27. The van der Waals surface area contributed by atoms with Crippen LogP contribution in [0.4, 0.5) is 0 Å². The summed E-state index contributed by atoms with van der Waals surface area (Å²) < 4.78 is 11.5. The minimum Gasteiger partial charge on any atom is -0.494 e. The zero-order valence-corrected chi connectivity index (χ0v) is 13.7. The van der Waals surface area contributed by atoms with Crippen molar-refractivity contribution in [2.24, 2.45) is 0 Å². The summed E-state index contributed by atoms with van der Waals surface area (Å²) >= 11 is 0. The smallest absolute Gasteiger partial charge is 0.119 e. The van der Waals surface area contributed by atoms with Crippen molar-refractivity contribution in [1.29, 1.82) is 0 Å². The molecule has 0 saturated carbocycles. The summed E-state index contributed by atoms with van der Waals surface area (Å²) in [5.41, 5.74) is 1.27. The maximum Gasteiger partial charge on any atom is 0.119 e. The first-order valence-corrected chi connectivity index (χ1v) is 8.56. The maximum absolute atomic E-state index is 10.5. The summed E-state index contributed by atoms with van der Waals surface area (Å²) in [4.78, 5) is 0. The van der Waals surface area contributed by atoms with Crippen LogP contribution in [0.3, 0.4) is 0 Å². The van der Waals surface area contributed by atoms with Crippen LogP contribution in [-0.4, -0.2) is 23.4 Å². The zero-order valence-electron chi connectivity index (χ0n) is 13.7. The van der Waals surface area contributed by atoms with Gasteiger partial charge in [0, 0.05) is 0 Å². The van der Waals surface area contributed by atoms with Gasteiger partial charge in [0.15, 0.2) is 0 Å². The molecule has 0 aromatic heterocycles. The van der Waals surface area contributed by atoms with Gasteiger partial charge >= 0.3 is 0 Å².